The Morgan fingerprint density at radius 2 is 2.00 bits per heavy atom. The summed E-state index contributed by atoms with van der Waals surface area (Å²) in [7, 11) is 3.62. The first-order valence-corrected chi connectivity index (χ1v) is 7.56. The fourth-order valence-corrected chi connectivity index (χ4v) is 2.10. The van der Waals surface area contributed by atoms with E-state index in [2.05, 4.69) is 34.4 Å². The van der Waals surface area contributed by atoms with Crippen molar-refractivity contribution in [2.75, 3.05) is 37.4 Å². The number of anilines is 2. The number of nitrogens with zero attached hydrogens (tertiary/aromatic N) is 3. The van der Waals surface area contributed by atoms with Gasteiger partial charge in [-0.25, -0.2) is 9.97 Å². The Balaban J connectivity index is 2.99. The zero-order valence-electron chi connectivity index (χ0n) is 13.8. The topological polar surface area (TPSA) is 70.2 Å². The van der Waals surface area contributed by atoms with Crippen molar-refractivity contribution in [3.8, 4) is 0 Å². The standard InChI is InChI=1S/C15H27N5O/c1-6-8-12-18-14(17-7-2)11(3)15(19-12)20(5)10-9-13(21)16-4/h6-10H2,1-5H3,(H,16,21)(H,17,18,19). The molecule has 6 nitrogen and oxygen atoms in total. The molecule has 0 spiro atoms. The van der Waals surface area contributed by atoms with Crippen molar-refractivity contribution in [3.63, 3.8) is 0 Å². The van der Waals surface area contributed by atoms with Gasteiger partial charge in [0.05, 0.1) is 0 Å². The maximum atomic E-state index is 11.4. The summed E-state index contributed by atoms with van der Waals surface area (Å²) in [4.78, 5) is 22.6. The van der Waals surface area contributed by atoms with E-state index in [0.717, 1.165) is 42.4 Å². The molecule has 0 radical (unpaired) electrons. The number of carbonyl (C=O) groups is 1. The molecule has 0 aromatic carbocycles. The summed E-state index contributed by atoms with van der Waals surface area (Å²) in [6.07, 6.45) is 2.32. The van der Waals surface area contributed by atoms with Gasteiger partial charge in [-0.15, -0.1) is 0 Å². The van der Waals surface area contributed by atoms with Gasteiger partial charge in [-0.1, -0.05) is 6.92 Å². The Morgan fingerprint density at radius 3 is 2.57 bits per heavy atom. The molecule has 0 unspecified atom stereocenters. The van der Waals surface area contributed by atoms with Crippen molar-refractivity contribution in [1.82, 2.24) is 15.3 Å². The number of nitrogens with one attached hydrogen (secondary N) is 2. The van der Waals surface area contributed by atoms with Gasteiger partial charge in [0.25, 0.3) is 0 Å². The molecule has 0 saturated carbocycles. The van der Waals surface area contributed by atoms with Gasteiger partial charge in [0.1, 0.15) is 17.5 Å². The Morgan fingerprint density at radius 1 is 1.29 bits per heavy atom. The van der Waals surface area contributed by atoms with E-state index in [9.17, 15) is 4.79 Å². The number of amides is 1. The van der Waals surface area contributed by atoms with Crippen molar-refractivity contribution in [2.45, 2.75) is 40.0 Å². The lowest BCUT2D eigenvalue weighted by Gasteiger charge is -2.22. The van der Waals surface area contributed by atoms with Crippen molar-refractivity contribution in [3.05, 3.63) is 11.4 Å². The molecule has 0 atom stereocenters. The van der Waals surface area contributed by atoms with E-state index in [1.807, 2.05) is 18.9 Å². The van der Waals surface area contributed by atoms with E-state index in [4.69, 9.17) is 0 Å². The fourth-order valence-electron chi connectivity index (χ4n) is 2.10. The first-order chi connectivity index (χ1) is 10.0. The molecule has 2 N–H and O–H groups in total. The van der Waals surface area contributed by atoms with Crippen LogP contribution in [0.15, 0.2) is 0 Å². The smallest absolute Gasteiger partial charge is 0.221 e. The van der Waals surface area contributed by atoms with Crippen LogP contribution in [0.2, 0.25) is 0 Å². The van der Waals surface area contributed by atoms with Crippen LogP contribution in [0, 0.1) is 6.92 Å². The van der Waals surface area contributed by atoms with E-state index in [1.165, 1.54) is 0 Å². The van der Waals surface area contributed by atoms with Gasteiger partial charge in [-0.2, -0.15) is 0 Å². The summed E-state index contributed by atoms with van der Waals surface area (Å²) in [6.45, 7) is 7.64. The normalized spacial score (nSPS) is 10.3. The van der Waals surface area contributed by atoms with Gasteiger partial charge in [0.15, 0.2) is 0 Å². The van der Waals surface area contributed by atoms with Gasteiger partial charge >= 0.3 is 0 Å². The first-order valence-electron chi connectivity index (χ1n) is 7.56. The van der Waals surface area contributed by atoms with Gasteiger partial charge in [-0.3, -0.25) is 4.79 Å². The fraction of sp³-hybridized carbons (Fsp3) is 0.667. The molecule has 1 amide bonds. The molecule has 118 valence electrons. The SMILES string of the molecule is CCCc1nc(NCC)c(C)c(N(C)CCC(=O)NC)n1. The molecule has 1 aromatic heterocycles. The first kappa shape index (κ1) is 17.2. The van der Waals surface area contributed by atoms with E-state index < -0.39 is 0 Å². The molecule has 6 heteroatoms. The molecule has 0 fully saturated rings. The van der Waals surface area contributed by atoms with Crippen LogP contribution in [0.5, 0.6) is 0 Å². The maximum absolute atomic E-state index is 11.4. The van der Waals surface area contributed by atoms with Crippen LogP contribution in [-0.4, -0.2) is 43.1 Å². The highest BCUT2D eigenvalue weighted by Crippen LogP contribution is 2.23. The average Bonchev–Trinajstić information content (AvgIpc) is 2.48. The second-order valence-corrected chi connectivity index (χ2v) is 5.06. The highest BCUT2D eigenvalue weighted by atomic mass is 16.1. The van der Waals surface area contributed by atoms with Gasteiger partial charge in [0.2, 0.25) is 5.91 Å². The quantitative estimate of drug-likeness (QED) is 0.764. The van der Waals surface area contributed by atoms with Gasteiger partial charge in [0, 0.05) is 45.6 Å². The molecule has 0 bridgehead atoms. The molecule has 1 aromatic rings. The van der Waals surface area contributed by atoms with Crippen molar-refractivity contribution < 1.29 is 4.79 Å². The van der Waals surface area contributed by atoms with E-state index in [1.54, 1.807) is 7.05 Å². The Kier molecular flexibility index (Phi) is 6.91. The Hall–Kier alpha value is -1.85. The third-order valence-electron chi connectivity index (χ3n) is 3.30. The largest absolute Gasteiger partial charge is 0.370 e. The van der Waals surface area contributed by atoms with Crippen LogP contribution >= 0.6 is 0 Å². The number of aromatic nitrogens is 2. The minimum atomic E-state index is 0.0363. The summed E-state index contributed by atoms with van der Waals surface area (Å²) in [5.41, 5.74) is 1.02. The lowest BCUT2D eigenvalue weighted by Crippen LogP contribution is -2.28. The predicted octanol–water partition coefficient (Wildman–Crippen LogP) is 1.74. The number of hydrogen-bond donors (Lipinski definition) is 2. The van der Waals surface area contributed by atoms with Crippen LogP contribution in [0.25, 0.3) is 0 Å². The molecule has 21 heavy (non-hydrogen) atoms. The molecule has 1 rings (SSSR count). The highest BCUT2D eigenvalue weighted by Gasteiger charge is 2.14. The summed E-state index contributed by atoms with van der Waals surface area (Å²) in [5.74, 6) is 2.67. The lowest BCUT2D eigenvalue weighted by atomic mass is 10.2. The third kappa shape index (κ3) is 4.88. The molecular formula is C15H27N5O. The highest BCUT2D eigenvalue weighted by molar-refractivity contribution is 5.76. The van der Waals surface area contributed by atoms with Crippen molar-refractivity contribution in [2.24, 2.45) is 0 Å². The minimum Gasteiger partial charge on any atom is -0.370 e. The predicted molar refractivity (Wildman–Crippen MR) is 86.9 cm³/mol. The molecule has 0 aliphatic heterocycles. The summed E-state index contributed by atoms with van der Waals surface area (Å²) >= 11 is 0. The second kappa shape index (κ2) is 8.44. The number of rotatable bonds is 8. The van der Waals surface area contributed by atoms with E-state index >= 15 is 0 Å². The Labute approximate surface area is 127 Å². The maximum Gasteiger partial charge on any atom is 0.221 e. The average molecular weight is 293 g/mol. The number of carbonyl (C=O) groups excluding carboxylic acids is 1. The van der Waals surface area contributed by atoms with E-state index in [0.29, 0.717) is 13.0 Å². The third-order valence-corrected chi connectivity index (χ3v) is 3.30. The summed E-state index contributed by atoms with van der Waals surface area (Å²) < 4.78 is 0. The molecule has 0 saturated heterocycles. The lowest BCUT2D eigenvalue weighted by molar-refractivity contribution is -0.120. The Bertz CT molecular complexity index is 475. The molecule has 0 aliphatic carbocycles. The van der Waals surface area contributed by atoms with Crippen LogP contribution < -0.4 is 15.5 Å². The zero-order chi connectivity index (χ0) is 15.8. The van der Waals surface area contributed by atoms with Crippen LogP contribution in [0.4, 0.5) is 11.6 Å². The van der Waals surface area contributed by atoms with Crippen molar-refractivity contribution >= 4 is 17.5 Å². The molecule has 1 heterocycles. The van der Waals surface area contributed by atoms with Crippen LogP contribution in [-0.2, 0) is 11.2 Å². The number of hydrogen-bond acceptors (Lipinski definition) is 5. The molecule has 0 aliphatic rings. The summed E-state index contributed by atoms with van der Waals surface area (Å²) in [6, 6.07) is 0. The van der Waals surface area contributed by atoms with E-state index in [-0.39, 0.29) is 5.91 Å². The van der Waals surface area contributed by atoms with Gasteiger partial charge in [-0.05, 0) is 20.3 Å². The molecular weight excluding hydrogens is 266 g/mol. The van der Waals surface area contributed by atoms with Crippen molar-refractivity contribution in [1.29, 1.82) is 0 Å². The van der Waals surface area contributed by atoms with Gasteiger partial charge < -0.3 is 15.5 Å². The van der Waals surface area contributed by atoms with Crippen LogP contribution in [0.3, 0.4) is 0 Å². The minimum absolute atomic E-state index is 0.0363. The zero-order valence-corrected chi connectivity index (χ0v) is 13.8. The number of aryl methyl sites for hydroxylation is 1. The monoisotopic (exact) mass is 293 g/mol. The summed E-state index contributed by atoms with van der Waals surface area (Å²) in [5, 5.41) is 5.93. The van der Waals surface area contributed by atoms with Crippen LogP contribution in [0.1, 0.15) is 38.1 Å². The second-order valence-electron chi connectivity index (χ2n) is 5.06.